The van der Waals surface area contributed by atoms with Gasteiger partial charge in [0.05, 0.1) is 16.5 Å². The SMILES string of the molecule is Cc1cc(S(=O)(=O)NN2CCN(C)CC2)ccc1C#N. The molecule has 0 radical (unpaired) electrons. The molecule has 1 aromatic rings. The lowest BCUT2D eigenvalue weighted by Gasteiger charge is -2.32. The molecular formula is C13H18N4O2S. The largest absolute Gasteiger partial charge is 0.304 e. The van der Waals surface area contributed by atoms with Gasteiger partial charge in [0.15, 0.2) is 0 Å². The van der Waals surface area contributed by atoms with Crippen molar-refractivity contribution in [2.24, 2.45) is 0 Å². The van der Waals surface area contributed by atoms with Crippen molar-refractivity contribution < 1.29 is 8.42 Å². The Morgan fingerprint density at radius 1 is 1.25 bits per heavy atom. The van der Waals surface area contributed by atoms with Crippen LogP contribution in [0.5, 0.6) is 0 Å². The van der Waals surface area contributed by atoms with Crippen LogP contribution in [0.3, 0.4) is 0 Å². The van der Waals surface area contributed by atoms with Gasteiger partial charge in [-0.3, -0.25) is 0 Å². The molecule has 0 aliphatic carbocycles. The van der Waals surface area contributed by atoms with Crippen LogP contribution in [-0.4, -0.2) is 51.6 Å². The Morgan fingerprint density at radius 3 is 2.45 bits per heavy atom. The zero-order valence-electron chi connectivity index (χ0n) is 11.6. The highest BCUT2D eigenvalue weighted by atomic mass is 32.2. The summed E-state index contributed by atoms with van der Waals surface area (Å²) >= 11 is 0. The van der Waals surface area contributed by atoms with Crippen molar-refractivity contribution in [1.82, 2.24) is 14.7 Å². The predicted octanol–water partition coefficient (Wildman–Crippen LogP) is 0.307. The lowest BCUT2D eigenvalue weighted by atomic mass is 10.1. The van der Waals surface area contributed by atoms with Crippen LogP contribution in [-0.2, 0) is 10.0 Å². The van der Waals surface area contributed by atoms with Crippen LogP contribution in [0.1, 0.15) is 11.1 Å². The Hall–Kier alpha value is -1.46. The Morgan fingerprint density at radius 2 is 1.90 bits per heavy atom. The highest BCUT2D eigenvalue weighted by Crippen LogP contribution is 2.15. The van der Waals surface area contributed by atoms with Gasteiger partial charge in [-0.15, -0.1) is 4.83 Å². The molecule has 0 spiro atoms. The Bertz CT molecular complexity index is 628. The molecule has 20 heavy (non-hydrogen) atoms. The van der Waals surface area contributed by atoms with Crippen LogP contribution in [0.25, 0.3) is 0 Å². The smallest absolute Gasteiger partial charge is 0.253 e. The first-order chi connectivity index (χ1) is 9.42. The van der Waals surface area contributed by atoms with Crippen LogP contribution < -0.4 is 4.83 Å². The third kappa shape index (κ3) is 3.35. The average Bonchev–Trinajstić information content (AvgIpc) is 2.41. The quantitative estimate of drug-likeness (QED) is 0.868. The van der Waals surface area contributed by atoms with Crippen molar-refractivity contribution in [2.45, 2.75) is 11.8 Å². The highest BCUT2D eigenvalue weighted by Gasteiger charge is 2.21. The average molecular weight is 294 g/mol. The fourth-order valence-corrected chi connectivity index (χ4v) is 3.26. The van der Waals surface area contributed by atoms with Gasteiger partial charge >= 0.3 is 0 Å². The number of piperazine rings is 1. The number of benzene rings is 1. The second kappa shape index (κ2) is 5.89. The molecule has 1 N–H and O–H groups in total. The summed E-state index contributed by atoms with van der Waals surface area (Å²) in [5.41, 5.74) is 1.15. The van der Waals surface area contributed by atoms with Crippen molar-refractivity contribution in [3.05, 3.63) is 29.3 Å². The minimum atomic E-state index is -3.58. The van der Waals surface area contributed by atoms with Gasteiger partial charge in [-0.05, 0) is 37.7 Å². The van der Waals surface area contributed by atoms with Crippen LogP contribution in [0.2, 0.25) is 0 Å². The first-order valence-corrected chi connectivity index (χ1v) is 7.87. The molecule has 108 valence electrons. The van der Waals surface area contributed by atoms with E-state index in [1.165, 1.54) is 18.2 Å². The van der Waals surface area contributed by atoms with E-state index in [0.717, 1.165) is 13.1 Å². The van der Waals surface area contributed by atoms with E-state index in [1.807, 2.05) is 13.1 Å². The molecule has 1 saturated heterocycles. The molecule has 1 aliphatic heterocycles. The molecule has 0 bridgehead atoms. The Labute approximate surface area is 119 Å². The van der Waals surface area contributed by atoms with Gasteiger partial charge in [0, 0.05) is 26.2 Å². The minimum Gasteiger partial charge on any atom is -0.304 e. The van der Waals surface area contributed by atoms with Gasteiger partial charge in [-0.1, -0.05) is 0 Å². The molecule has 6 nitrogen and oxygen atoms in total. The van der Waals surface area contributed by atoms with Crippen molar-refractivity contribution in [3.63, 3.8) is 0 Å². The maximum Gasteiger partial charge on any atom is 0.253 e. The normalized spacial score (nSPS) is 17.9. The predicted molar refractivity (Wildman–Crippen MR) is 75.3 cm³/mol. The minimum absolute atomic E-state index is 0.188. The molecular weight excluding hydrogens is 276 g/mol. The van der Waals surface area contributed by atoms with E-state index in [2.05, 4.69) is 9.73 Å². The van der Waals surface area contributed by atoms with E-state index in [1.54, 1.807) is 11.9 Å². The molecule has 2 rings (SSSR count). The van der Waals surface area contributed by atoms with Gasteiger partial charge in [-0.2, -0.15) is 5.26 Å². The molecule has 0 aromatic heterocycles. The molecule has 0 saturated carbocycles. The first-order valence-electron chi connectivity index (χ1n) is 6.39. The second-order valence-corrected chi connectivity index (χ2v) is 6.63. The number of hydrogen-bond acceptors (Lipinski definition) is 5. The fraction of sp³-hybridized carbons (Fsp3) is 0.462. The summed E-state index contributed by atoms with van der Waals surface area (Å²) in [5.74, 6) is 0. The maximum absolute atomic E-state index is 12.3. The summed E-state index contributed by atoms with van der Waals surface area (Å²) in [6.45, 7) is 4.70. The molecule has 1 aliphatic rings. The summed E-state index contributed by atoms with van der Waals surface area (Å²) in [4.78, 5) is 4.93. The van der Waals surface area contributed by atoms with Crippen LogP contribution in [0.4, 0.5) is 0 Å². The summed E-state index contributed by atoms with van der Waals surface area (Å²) in [6, 6.07) is 6.55. The van der Waals surface area contributed by atoms with E-state index in [9.17, 15) is 8.42 Å². The van der Waals surface area contributed by atoms with Crippen LogP contribution >= 0.6 is 0 Å². The Balaban J connectivity index is 2.14. The molecule has 0 atom stereocenters. The van der Waals surface area contributed by atoms with Gasteiger partial charge in [0.25, 0.3) is 10.0 Å². The lowest BCUT2D eigenvalue weighted by Crippen LogP contribution is -2.52. The number of nitrogens with one attached hydrogen (secondary N) is 1. The summed E-state index contributed by atoms with van der Waals surface area (Å²) in [7, 11) is -1.57. The number of likely N-dealkylation sites (N-methyl/N-ethyl adjacent to an activating group) is 1. The van der Waals surface area contributed by atoms with Gasteiger partial charge < -0.3 is 4.90 Å². The molecule has 0 unspecified atom stereocenters. The monoisotopic (exact) mass is 294 g/mol. The number of hydrogen-bond donors (Lipinski definition) is 1. The highest BCUT2D eigenvalue weighted by molar-refractivity contribution is 7.89. The molecule has 0 amide bonds. The maximum atomic E-state index is 12.3. The summed E-state index contributed by atoms with van der Waals surface area (Å²) in [6.07, 6.45) is 0. The third-order valence-corrected chi connectivity index (χ3v) is 4.75. The molecule has 1 heterocycles. The first kappa shape index (κ1) is 14.9. The number of nitriles is 1. The van der Waals surface area contributed by atoms with Crippen molar-refractivity contribution >= 4 is 10.0 Å². The van der Waals surface area contributed by atoms with Crippen molar-refractivity contribution in [2.75, 3.05) is 33.2 Å². The number of sulfonamides is 1. The zero-order chi connectivity index (χ0) is 14.8. The Kier molecular flexibility index (Phi) is 4.40. The summed E-state index contributed by atoms with van der Waals surface area (Å²) in [5, 5.41) is 10.6. The van der Waals surface area contributed by atoms with Gasteiger partial charge in [0.1, 0.15) is 0 Å². The number of rotatable bonds is 3. The van der Waals surface area contributed by atoms with Crippen LogP contribution in [0.15, 0.2) is 23.1 Å². The van der Waals surface area contributed by atoms with E-state index in [0.29, 0.717) is 24.2 Å². The van der Waals surface area contributed by atoms with E-state index in [4.69, 9.17) is 5.26 Å². The number of hydrazine groups is 1. The molecule has 1 fully saturated rings. The van der Waals surface area contributed by atoms with E-state index in [-0.39, 0.29) is 4.90 Å². The van der Waals surface area contributed by atoms with E-state index >= 15 is 0 Å². The molecule has 1 aromatic carbocycles. The van der Waals surface area contributed by atoms with Gasteiger partial charge in [0.2, 0.25) is 0 Å². The number of aryl methyl sites for hydroxylation is 1. The van der Waals surface area contributed by atoms with Crippen molar-refractivity contribution in [3.8, 4) is 6.07 Å². The van der Waals surface area contributed by atoms with Gasteiger partial charge in [-0.25, -0.2) is 13.4 Å². The topological polar surface area (TPSA) is 76.4 Å². The van der Waals surface area contributed by atoms with Crippen molar-refractivity contribution in [1.29, 1.82) is 5.26 Å². The standard InChI is InChI=1S/C13H18N4O2S/c1-11-9-13(4-3-12(11)10-14)20(18,19)15-17-7-5-16(2)6-8-17/h3-4,9,15H,5-8H2,1-2H3. The second-order valence-electron chi connectivity index (χ2n) is 4.97. The third-order valence-electron chi connectivity index (χ3n) is 3.38. The fourth-order valence-electron chi connectivity index (χ4n) is 2.05. The van der Waals surface area contributed by atoms with E-state index < -0.39 is 10.0 Å². The lowest BCUT2D eigenvalue weighted by molar-refractivity contribution is 0.135. The molecule has 7 heteroatoms. The number of nitrogens with zero attached hydrogens (tertiary/aromatic N) is 3. The zero-order valence-corrected chi connectivity index (χ0v) is 12.4. The van der Waals surface area contributed by atoms with Crippen LogP contribution in [0, 0.1) is 18.3 Å². The summed E-state index contributed by atoms with van der Waals surface area (Å²) < 4.78 is 24.6.